The maximum absolute atomic E-state index is 13.7. The van der Waals surface area contributed by atoms with E-state index < -0.39 is 34.0 Å². The highest BCUT2D eigenvalue weighted by Crippen LogP contribution is 2.31. The van der Waals surface area contributed by atoms with E-state index in [9.17, 15) is 22.8 Å². The minimum atomic E-state index is -4.13. The molecule has 2 N–H and O–H groups in total. The maximum atomic E-state index is 13.7. The van der Waals surface area contributed by atoms with Crippen LogP contribution in [0.25, 0.3) is 10.8 Å². The molecule has 0 unspecified atom stereocenters. The Bertz CT molecular complexity index is 1520. The number of fused-ring (bicyclic) bond motifs is 1. The fourth-order valence-corrected chi connectivity index (χ4v) is 6.38. The summed E-state index contributed by atoms with van der Waals surface area (Å²) in [5, 5.41) is 3.86. The van der Waals surface area contributed by atoms with Crippen molar-refractivity contribution >= 4 is 44.5 Å². The van der Waals surface area contributed by atoms with Crippen LogP contribution in [0.3, 0.4) is 0 Å². The normalized spacial score (nSPS) is 17.3. The van der Waals surface area contributed by atoms with Gasteiger partial charge in [0.1, 0.15) is 0 Å². The first kappa shape index (κ1) is 29.0. The van der Waals surface area contributed by atoms with Crippen LogP contribution in [0.4, 0.5) is 10.5 Å². The Labute approximate surface area is 233 Å². The minimum Gasteiger partial charge on any atom is -0.466 e. The van der Waals surface area contributed by atoms with Crippen molar-refractivity contribution in [1.29, 1.82) is 0 Å². The molecular weight excluding hydrogens is 534 g/mol. The summed E-state index contributed by atoms with van der Waals surface area (Å²) >= 11 is 0. The minimum absolute atomic E-state index is 0.00687. The third-order valence-corrected chi connectivity index (χ3v) is 8.39. The van der Waals surface area contributed by atoms with Crippen molar-refractivity contribution in [1.82, 2.24) is 9.62 Å². The molecule has 0 aliphatic carbocycles. The van der Waals surface area contributed by atoms with E-state index >= 15 is 0 Å². The number of carbonyl (C=O) groups excluding carboxylic acids is 3. The fourth-order valence-electron chi connectivity index (χ4n) is 4.86. The molecule has 0 spiro atoms. The third kappa shape index (κ3) is 6.26. The number of ether oxygens (including phenoxy) is 2. The van der Waals surface area contributed by atoms with Gasteiger partial charge >= 0.3 is 12.1 Å². The number of hydrogen-bond acceptors (Lipinski definition) is 7. The number of esters is 1. The Morgan fingerprint density at radius 3 is 2.30 bits per heavy atom. The third-order valence-electron chi connectivity index (χ3n) is 6.85. The zero-order valence-corrected chi connectivity index (χ0v) is 23.5. The second kappa shape index (κ2) is 12.5. The summed E-state index contributed by atoms with van der Waals surface area (Å²) in [6.45, 7) is 5.68. The van der Waals surface area contributed by atoms with Crippen LogP contribution in [0.15, 0.2) is 65.6 Å². The number of piperidine rings is 1. The van der Waals surface area contributed by atoms with Gasteiger partial charge in [-0.05, 0) is 51.0 Å². The molecule has 0 saturated carbocycles. The average Bonchev–Trinajstić information content (AvgIpc) is 2.93. The van der Waals surface area contributed by atoms with Crippen molar-refractivity contribution in [2.75, 3.05) is 31.6 Å². The highest BCUT2D eigenvalue weighted by atomic mass is 32.2. The van der Waals surface area contributed by atoms with Crippen LogP contribution in [-0.2, 0) is 24.3 Å². The van der Waals surface area contributed by atoms with Crippen LogP contribution in [0.1, 0.15) is 36.2 Å². The van der Waals surface area contributed by atoms with Crippen molar-refractivity contribution in [3.05, 3.63) is 71.8 Å². The monoisotopic (exact) mass is 567 g/mol. The Morgan fingerprint density at radius 2 is 1.60 bits per heavy atom. The van der Waals surface area contributed by atoms with E-state index in [1.54, 1.807) is 56.3 Å². The molecule has 3 aromatic rings. The molecule has 212 valence electrons. The molecule has 0 aromatic heterocycles. The average molecular weight is 568 g/mol. The molecule has 2 amide bonds. The lowest BCUT2D eigenvalue weighted by Crippen LogP contribution is -2.55. The highest BCUT2D eigenvalue weighted by Gasteiger charge is 2.40. The number of nitrogens with one attached hydrogen (secondary N) is 2. The van der Waals surface area contributed by atoms with Crippen molar-refractivity contribution < 1.29 is 32.3 Å². The summed E-state index contributed by atoms with van der Waals surface area (Å²) in [5.74, 6) is -1.81. The first-order valence-corrected chi connectivity index (χ1v) is 14.6. The Kier molecular flexibility index (Phi) is 9.06. The number of likely N-dealkylation sites (tertiary alicyclic amines) is 1. The van der Waals surface area contributed by atoms with Gasteiger partial charge in [-0.3, -0.25) is 9.59 Å². The van der Waals surface area contributed by atoms with E-state index in [-0.39, 0.29) is 43.5 Å². The first-order valence-electron chi connectivity index (χ1n) is 13.2. The second-order valence-electron chi connectivity index (χ2n) is 9.45. The lowest BCUT2D eigenvalue weighted by atomic mass is 9.93. The summed E-state index contributed by atoms with van der Waals surface area (Å²) in [7, 11) is -4.13. The Balaban J connectivity index is 1.62. The quantitative estimate of drug-likeness (QED) is 0.392. The van der Waals surface area contributed by atoms with Gasteiger partial charge in [-0.1, -0.05) is 42.5 Å². The molecule has 10 nitrogen and oxygen atoms in total. The van der Waals surface area contributed by atoms with E-state index in [1.165, 1.54) is 11.0 Å². The lowest BCUT2D eigenvalue weighted by molar-refractivity contribution is -0.150. The Morgan fingerprint density at radius 1 is 0.925 bits per heavy atom. The van der Waals surface area contributed by atoms with E-state index in [4.69, 9.17) is 9.47 Å². The lowest BCUT2D eigenvalue weighted by Gasteiger charge is -2.36. The highest BCUT2D eigenvalue weighted by molar-refractivity contribution is 7.89. The van der Waals surface area contributed by atoms with Crippen molar-refractivity contribution in [2.45, 2.75) is 38.1 Å². The molecule has 0 radical (unpaired) electrons. The Hall–Kier alpha value is -3.96. The molecule has 2 atom stereocenters. The smallest absolute Gasteiger partial charge is 0.409 e. The number of nitrogens with zero attached hydrogens (tertiary/aromatic N) is 1. The summed E-state index contributed by atoms with van der Waals surface area (Å²) in [4.78, 5) is 39.4. The summed E-state index contributed by atoms with van der Waals surface area (Å²) in [5.41, 5.74) is 1.80. The molecule has 1 aliphatic rings. The van der Waals surface area contributed by atoms with Gasteiger partial charge in [-0.25, -0.2) is 17.9 Å². The van der Waals surface area contributed by atoms with Crippen LogP contribution in [0.5, 0.6) is 0 Å². The molecule has 4 rings (SSSR count). The van der Waals surface area contributed by atoms with Crippen LogP contribution < -0.4 is 10.0 Å². The SMILES string of the molecule is CCOC(=O)[C@@H]1CN(C(=O)OCC)CC[C@H]1NS(=O)(=O)c1ccc(NC(=O)c2ccccc2C)c2ccccc12. The van der Waals surface area contributed by atoms with Crippen LogP contribution in [0, 0.1) is 12.8 Å². The summed E-state index contributed by atoms with van der Waals surface area (Å²) < 4.78 is 40.3. The molecule has 0 bridgehead atoms. The van der Waals surface area contributed by atoms with E-state index in [1.807, 2.05) is 19.1 Å². The van der Waals surface area contributed by atoms with Crippen molar-refractivity contribution in [3.63, 3.8) is 0 Å². The largest absolute Gasteiger partial charge is 0.466 e. The van der Waals surface area contributed by atoms with E-state index in [0.717, 1.165) is 5.56 Å². The number of hydrogen-bond donors (Lipinski definition) is 2. The predicted molar refractivity (Wildman–Crippen MR) is 151 cm³/mol. The number of rotatable bonds is 8. The number of carbonyl (C=O) groups is 3. The second-order valence-corrected chi connectivity index (χ2v) is 11.1. The van der Waals surface area contributed by atoms with Crippen molar-refractivity contribution in [2.24, 2.45) is 5.92 Å². The van der Waals surface area contributed by atoms with Gasteiger partial charge < -0.3 is 19.7 Å². The van der Waals surface area contributed by atoms with Gasteiger partial charge in [-0.2, -0.15) is 0 Å². The summed E-state index contributed by atoms with van der Waals surface area (Å²) in [6.07, 6.45) is -0.364. The molecule has 40 heavy (non-hydrogen) atoms. The van der Waals surface area contributed by atoms with E-state index in [2.05, 4.69) is 10.0 Å². The zero-order valence-electron chi connectivity index (χ0n) is 22.7. The van der Waals surface area contributed by atoms with Gasteiger partial charge in [0, 0.05) is 41.2 Å². The number of amides is 2. The van der Waals surface area contributed by atoms with Crippen LogP contribution in [-0.4, -0.2) is 63.6 Å². The first-order chi connectivity index (χ1) is 19.2. The molecule has 11 heteroatoms. The number of sulfonamides is 1. The van der Waals surface area contributed by atoms with Crippen LogP contribution in [0.2, 0.25) is 0 Å². The van der Waals surface area contributed by atoms with Gasteiger partial charge in [0.15, 0.2) is 0 Å². The standard InChI is InChI=1S/C29H33N3O7S/c1-4-38-28(34)23-18-32(29(35)39-5-2)17-16-25(23)31-40(36,37)26-15-14-24(21-12-8-9-13-22(21)26)30-27(33)20-11-7-6-10-19(20)3/h6-15,23,25,31H,4-5,16-18H2,1-3H3,(H,30,33)/t23-,25-/m1/s1. The van der Waals surface area contributed by atoms with E-state index in [0.29, 0.717) is 22.0 Å². The van der Waals surface area contributed by atoms with Gasteiger partial charge in [0.2, 0.25) is 10.0 Å². The molecule has 1 heterocycles. The zero-order chi connectivity index (χ0) is 28.9. The van der Waals surface area contributed by atoms with Crippen molar-refractivity contribution in [3.8, 4) is 0 Å². The maximum Gasteiger partial charge on any atom is 0.409 e. The van der Waals surface area contributed by atoms with Gasteiger partial charge in [0.25, 0.3) is 5.91 Å². The fraction of sp³-hybridized carbons (Fsp3) is 0.345. The molecular formula is C29H33N3O7S. The number of anilines is 1. The van der Waals surface area contributed by atoms with Crippen LogP contribution >= 0.6 is 0 Å². The molecule has 1 saturated heterocycles. The number of aryl methyl sites for hydroxylation is 1. The molecule has 1 fully saturated rings. The van der Waals surface area contributed by atoms with Gasteiger partial charge in [0.05, 0.1) is 24.0 Å². The molecule has 3 aromatic carbocycles. The predicted octanol–water partition coefficient (Wildman–Crippen LogP) is 4.09. The molecule has 1 aliphatic heterocycles. The topological polar surface area (TPSA) is 131 Å². The number of benzene rings is 3. The summed E-state index contributed by atoms with van der Waals surface area (Å²) in [6, 6.07) is 16.3. The van der Waals surface area contributed by atoms with Gasteiger partial charge in [-0.15, -0.1) is 0 Å².